The van der Waals surface area contributed by atoms with E-state index in [1.165, 1.54) is 0 Å². The third-order valence-corrected chi connectivity index (χ3v) is 3.73. The van der Waals surface area contributed by atoms with Gasteiger partial charge in [0.25, 0.3) is 5.91 Å². The van der Waals surface area contributed by atoms with Crippen molar-refractivity contribution in [1.82, 2.24) is 5.32 Å². The van der Waals surface area contributed by atoms with Crippen LogP contribution in [-0.2, 0) is 0 Å². The van der Waals surface area contributed by atoms with Crippen LogP contribution in [0.4, 0.5) is 0 Å². The highest BCUT2D eigenvalue weighted by molar-refractivity contribution is 5.95. The van der Waals surface area contributed by atoms with Gasteiger partial charge < -0.3 is 14.8 Å². The molecule has 2 rings (SSSR count). The van der Waals surface area contributed by atoms with Gasteiger partial charge in [-0.3, -0.25) is 4.79 Å². The van der Waals surface area contributed by atoms with Crippen LogP contribution >= 0.6 is 0 Å². The van der Waals surface area contributed by atoms with Gasteiger partial charge in [-0.25, -0.2) is 0 Å². The van der Waals surface area contributed by atoms with Gasteiger partial charge in [0.2, 0.25) is 0 Å². The number of carbonyl (C=O) groups is 1. The molecule has 0 aliphatic heterocycles. The molecule has 0 fully saturated rings. The number of aryl methyl sites for hydroxylation is 1. The summed E-state index contributed by atoms with van der Waals surface area (Å²) in [5, 5.41) is 3.02. The molecule has 23 heavy (non-hydrogen) atoms. The molecule has 0 bridgehead atoms. The van der Waals surface area contributed by atoms with Crippen LogP contribution in [0.15, 0.2) is 42.5 Å². The number of ether oxygens (including phenoxy) is 2. The second-order valence-electron chi connectivity index (χ2n) is 5.35. The maximum absolute atomic E-state index is 12.5. The fourth-order valence-corrected chi connectivity index (χ4v) is 2.51. The zero-order valence-electron chi connectivity index (χ0n) is 14.1. The number of methoxy groups -OCH3 is 1. The van der Waals surface area contributed by atoms with Crippen molar-refractivity contribution in [3.05, 3.63) is 59.2 Å². The summed E-state index contributed by atoms with van der Waals surface area (Å²) in [7, 11) is 1.56. The number of hydrogen-bond acceptors (Lipinski definition) is 3. The van der Waals surface area contributed by atoms with E-state index < -0.39 is 0 Å². The smallest absolute Gasteiger partial charge is 0.251 e. The Labute approximate surface area is 137 Å². The third kappa shape index (κ3) is 4.03. The first kappa shape index (κ1) is 16.9. The van der Waals surface area contributed by atoms with Crippen LogP contribution in [0.5, 0.6) is 11.5 Å². The summed E-state index contributed by atoms with van der Waals surface area (Å²) in [5.41, 5.74) is 2.81. The first-order valence-electron chi connectivity index (χ1n) is 7.74. The third-order valence-electron chi connectivity index (χ3n) is 3.73. The molecule has 1 N–H and O–H groups in total. The average Bonchev–Trinajstić information content (AvgIpc) is 2.55. The highest BCUT2D eigenvalue weighted by Crippen LogP contribution is 2.28. The lowest BCUT2D eigenvalue weighted by Crippen LogP contribution is -2.27. The summed E-state index contributed by atoms with van der Waals surface area (Å²) in [6, 6.07) is 13.2. The summed E-state index contributed by atoms with van der Waals surface area (Å²) in [5.74, 6) is 1.06. The van der Waals surface area contributed by atoms with E-state index in [-0.39, 0.29) is 11.9 Å². The minimum Gasteiger partial charge on any atom is -0.493 e. The summed E-state index contributed by atoms with van der Waals surface area (Å²) in [4.78, 5) is 12.5. The van der Waals surface area contributed by atoms with Crippen molar-refractivity contribution in [3.8, 4) is 11.5 Å². The predicted molar refractivity (Wildman–Crippen MR) is 91.2 cm³/mol. The van der Waals surface area contributed by atoms with E-state index in [1.54, 1.807) is 25.3 Å². The van der Waals surface area contributed by atoms with Gasteiger partial charge in [-0.1, -0.05) is 24.3 Å². The summed E-state index contributed by atoms with van der Waals surface area (Å²) in [6.07, 6.45) is 0. The summed E-state index contributed by atoms with van der Waals surface area (Å²) in [6.45, 7) is 6.47. The molecular formula is C19H23NO3. The van der Waals surface area contributed by atoms with E-state index in [0.717, 1.165) is 11.1 Å². The Morgan fingerprint density at radius 1 is 1.17 bits per heavy atom. The number of nitrogens with one attached hydrogen (secondary N) is 1. The minimum absolute atomic E-state index is 0.0683. The Kier molecular flexibility index (Phi) is 5.63. The topological polar surface area (TPSA) is 47.6 Å². The van der Waals surface area contributed by atoms with Crippen molar-refractivity contribution in [2.45, 2.75) is 26.8 Å². The van der Waals surface area contributed by atoms with E-state index in [9.17, 15) is 4.79 Å². The van der Waals surface area contributed by atoms with Crippen LogP contribution in [0.2, 0.25) is 0 Å². The van der Waals surface area contributed by atoms with E-state index in [2.05, 4.69) is 5.32 Å². The Morgan fingerprint density at radius 2 is 1.91 bits per heavy atom. The molecule has 1 amide bonds. The summed E-state index contributed by atoms with van der Waals surface area (Å²) >= 11 is 0. The molecule has 2 aromatic carbocycles. The molecule has 0 saturated heterocycles. The van der Waals surface area contributed by atoms with Gasteiger partial charge in [0, 0.05) is 5.56 Å². The molecule has 0 saturated carbocycles. The predicted octanol–water partition coefficient (Wildman–Crippen LogP) is 3.89. The average molecular weight is 313 g/mol. The molecule has 4 heteroatoms. The SMILES string of the molecule is CCOc1ccc(C(=O)NC(C)c2ccccc2C)cc1OC. The van der Waals surface area contributed by atoms with Gasteiger partial charge >= 0.3 is 0 Å². The zero-order valence-corrected chi connectivity index (χ0v) is 14.1. The number of benzene rings is 2. The van der Waals surface area contributed by atoms with E-state index >= 15 is 0 Å². The molecule has 122 valence electrons. The van der Waals surface area contributed by atoms with Crippen molar-refractivity contribution in [2.24, 2.45) is 0 Å². The van der Waals surface area contributed by atoms with Gasteiger partial charge in [0.15, 0.2) is 11.5 Å². The molecule has 1 atom stereocenters. The monoisotopic (exact) mass is 313 g/mol. The standard InChI is InChI=1S/C19H23NO3/c1-5-23-17-11-10-15(12-18(17)22-4)19(21)20-14(3)16-9-7-6-8-13(16)2/h6-12,14H,5H2,1-4H3,(H,20,21). The van der Waals surface area contributed by atoms with Crippen molar-refractivity contribution >= 4 is 5.91 Å². The highest BCUT2D eigenvalue weighted by Gasteiger charge is 2.15. The van der Waals surface area contributed by atoms with Crippen LogP contribution < -0.4 is 14.8 Å². The number of rotatable bonds is 6. The molecule has 0 aromatic heterocycles. The molecule has 0 aliphatic carbocycles. The number of carbonyl (C=O) groups excluding carboxylic acids is 1. The Balaban J connectivity index is 2.16. The molecule has 2 aromatic rings. The number of hydrogen-bond donors (Lipinski definition) is 1. The maximum atomic E-state index is 12.5. The first-order valence-corrected chi connectivity index (χ1v) is 7.74. The molecule has 0 aliphatic rings. The fraction of sp³-hybridized carbons (Fsp3) is 0.316. The molecule has 4 nitrogen and oxygen atoms in total. The largest absolute Gasteiger partial charge is 0.493 e. The second-order valence-corrected chi connectivity index (χ2v) is 5.35. The van der Waals surface area contributed by atoms with Crippen LogP contribution in [0.3, 0.4) is 0 Å². The molecule has 0 heterocycles. The number of amides is 1. The van der Waals surface area contributed by atoms with Crippen LogP contribution in [0.25, 0.3) is 0 Å². The first-order chi connectivity index (χ1) is 11.1. The van der Waals surface area contributed by atoms with Gasteiger partial charge in [-0.05, 0) is 50.1 Å². The van der Waals surface area contributed by atoms with Gasteiger partial charge in [0.1, 0.15) is 0 Å². The van der Waals surface area contributed by atoms with Crippen molar-refractivity contribution in [1.29, 1.82) is 0 Å². The highest BCUT2D eigenvalue weighted by atomic mass is 16.5. The molecule has 1 unspecified atom stereocenters. The quantitative estimate of drug-likeness (QED) is 0.880. The second kappa shape index (κ2) is 7.68. The van der Waals surface area contributed by atoms with Crippen LogP contribution in [0, 0.1) is 6.92 Å². The normalized spacial score (nSPS) is 11.7. The fourth-order valence-electron chi connectivity index (χ4n) is 2.51. The Morgan fingerprint density at radius 3 is 2.57 bits per heavy atom. The van der Waals surface area contributed by atoms with Gasteiger partial charge in [-0.2, -0.15) is 0 Å². The molecular weight excluding hydrogens is 290 g/mol. The van der Waals surface area contributed by atoms with E-state index in [0.29, 0.717) is 23.7 Å². The van der Waals surface area contributed by atoms with E-state index in [4.69, 9.17) is 9.47 Å². The lowest BCUT2D eigenvalue weighted by molar-refractivity contribution is 0.0939. The van der Waals surface area contributed by atoms with Gasteiger partial charge in [0.05, 0.1) is 19.8 Å². The summed E-state index contributed by atoms with van der Waals surface area (Å²) < 4.78 is 10.8. The molecule has 0 radical (unpaired) electrons. The van der Waals surface area contributed by atoms with Crippen LogP contribution in [-0.4, -0.2) is 19.6 Å². The lowest BCUT2D eigenvalue weighted by atomic mass is 10.0. The van der Waals surface area contributed by atoms with Gasteiger partial charge in [-0.15, -0.1) is 0 Å². The van der Waals surface area contributed by atoms with Crippen molar-refractivity contribution in [2.75, 3.05) is 13.7 Å². The van der Waals surface area contributed by atoms with Crippen molar-refractivity contribution in [3.63, 3.8) is 0 Å². The van der Waals surface area contributed by atoms with Crippen LogP contribution in [0.1, 0.15) is 41.4 Å². The Bertz CT molecular complexity index is 682. The lowest BCUT2D eigenvalue weighted by Gasteiger charge is -2.17. The van der Waals surface area contributed by atoms with Crippen molar-refractivity contribution < 1.29 is 14.3 Å². The zero-order chi connectivity index (χ0) is 16.8. The minimum atomic E-state index is -0.137. The Hall–Kier alpha value is -2.49. The van der Waals surface area contributed by atoms with E-state index in [1.807, 2.05) is 45.0 Å². The molecule has 0 spiro atoms. The maximum Gasteiger partial charge on any atom is 0.251 e.